The van der Waals surface area contributed by atoms with Gasteiger partial charge in [0.05, 0.1) is 6.33 Å². The van der Waals surface area contributed by atoms with Crippen LogP contribution in [0, 0.1) is 17.8 Å². The van der Waals surface area contributed by atoms with E-state index >= 15 is 0 Å². The van der Waals surface area contributed by atoms with E-state index in [9.17, 15) is 0 Å². The van der Waals surface area contributed by atoms with Gasteiger partial charge in [-0.3, -0.25) is 0 Å². The lowest BCUT2D eigenvalue weighted by Gasteiger charge is -2.41. The van der Waals surface area contributed by atoms with Gasteiger partial charge in [-0.25, -0.2) is 4.98 Å². The molecule has 0 saturated heterocycles. The van der Waals surface area contributed by atoms with Crippen molar-refractivity contribution in [3.05, 3.63) is 18.7 Å². The van der Waals surface area contributed by atoms with Gasteiger partial charge in [0.25, 0.3) is 0 Å². The van der Waals surface area contributed by atoms with Crippen molar-refractivity contribution in [3.63, 3.8) is 0 Å². The number of imidazole rings is 1. The lowest BCUT2D eigenvalue weighted by Crippen LogP contribution is -2.31. The van der Waals surface area contributed by atoms with Crippen LogP contribution in [-0.2, 0) is 6.54 Å². The maximum Gasteiger partial charge on any atom is 0.0945 e. The van der Waals surface area contributed by atoms with Crippen LogP contribution in [0.25, 0.3) is 0 Å². The molecule has 0 spiro atoms. The van der Waals surface area contributed by atoms with Crippen LogP contribution in [0.4, 0.5) is 0 Å². The van der Waals surface area contributed by atoms with Crippen LogP contribution in [0.15, 0.2) is 18.7 Å². The van der Waals surface area contributed by atoms with Gasteiger partial charge in [-0.2, -0.15) is 0 Å². The molecule has 1 aromatic rings. The molecular weight excluding hydrogens is 208 g/mol. The van der Waals surface area contributed by atoms with Gasteiger partial charge < -0.3 is 4.57 Å². The van der Waals surface area contributed by atoms with Gasteiger partial charge in [0.15, 0.2) is 0 Å². The summed E-state index contributed by atoms with van der Waals surface area (Å²) in [6.07, 6.45) is 17.8. The van der Waals surface area contributed by atoms with E-state index in [4.69, 9.17) is 0 Å². The molecular formula is C15H24N2. The molecule has 0 aliphatic heterocycles. The molecule has 2 aliphatic carbocycles. The average molecular weight is 232 g/mol. The second-order valence-corrected chi connectivity index (χ2v) is 5.99. The van der Waals surface area contributed by atoms with Crippen molar-refractivity contribution < 1.29 is 0 Å². The third-order valence-corrected chi connectivity index (χ3v) is 5.04. The quantitative estimate of drug-likeness (QED) is 0.773. The van der Waals surface area contributed by atoms with Gasteiger partial charge in [-0.15, -0.1) is 0 Å². The molecule has 1 aromatic heterocycles. The molecule has 2 aliphatic rings. The zero-order valence-corrected chi connectivity index (χ0v) is 10.7. The second-order valence-electron chi connectivity index (χ2n) is 5.99. The van der Waals surface area contributed by atoms with Gasteiger partial charge in [-0.1, -0.05) is 38.5 Å². The molecule has 94 valence electrons. The third-order valence-electron chi connectivity index (χ3n) is 5.04. The summed E-state index contributed by atoms with van der Waals surface area (Å²) in [5.74, 6) is 3.13. The van der Waals surface area contributed by atoms with Gasteiger partial charge in [0, 0.05) is 18.9 Å². The number of hydrogen-bond acceptors (Lipinski definition) is 1. The van der Waals surface area contributed by atoms with Gasteiger partial charge in [-0.05, 0) is 30.6 Å². The Morgan fingerprint density at radius 1 is 1.06 bits per heavy atom. The number of aromatic nitrogens is 2. The van der Waals surface area contributed by atoms with Gasteiger partial charge in [0.1, 0.15) is 0 Å². The fourth-order valence-electron chi connectivity index (χ4n) is 4.16. The minimum absolute atomic E-state index is 0.997. The molecule has 0 amide bonds. The van der Waals surface area contributed by atoms with Crippen molar-refractivity contribution >= 4 is 0 Å². The highest BCUT2D eigenvalue weighted by Crippen LogP contribution is 2.45. The van der Waals surface area contributed by atoms with Crippen molar-refractivity contribution in [1.29, 1.82) is 0 Å². The molecule has 2 fully saturated rings. The van der Waals surface area contributed by atoms with Crippen LogP contribution in [-0.4, -0.2) is 9.55 Å². The zero-order valence-electron chi connectivity index (χ0n) is 10.7. The first-order valence-electron chi connectivity index (χ1n) is 7.39. The summed E-state index contributed by atoms with van der Waals surface area (Å²) in [7, 11) is 0. The van der Waals surface area contributed by atoms with E-state index in [1.807, 2.05) is 12.5 Å². The predicted molar refractivity (Wildman–Crippen MR) is 69.6 cm³/mol. The normalized spacial score (nSPS) is 33.3. The van der Waals surface area contributed by atoms with E-state index in [-0.39, 0.29) is 0 Å². The minimum Gasteiger partial charge on any atom is -0.337 e. The number of rotatable bonds is 3. The minimum atomic E-state index is 0.997. The summed E-state index contributed by atoms with van der Waals surface area (Å²) < 4.78 is 2.24. The standard InChI is InChI=1S/C15H24N2/c1-2-7-15-13(4-1)5-3-6-14(15)8-10-17-11-9-16-12-17/h9,11-15H,1-8,10H2. The average Bonchev–Trinajstić information content (AvgIpc) is 2.89. The van der Waals surface area contributed by atoms with Crippen LogP contribution in [0.1, 0.15) is 51.4 Å². The van der Waals surface area contributed by atoms with E-state index < -0.39 is 0 Å². The van der Waals surface area contributed by atoms with Crippen molar-refractivity contribution in [2.75, 3.05) is 0 Å². The van der Waals surface area contributed by atoms with E-state index in [2.05, 4.69) is 15.7 Å². The molecule has 3 unspecified atom stereocenters. The van der Waals surface area contributed by atoms with Crippen molar-refractivity contribution in [3.8, 4) is 0 Å². The van der Waals surface area contributed by atoms with Crippen LogP contribution < -0.4 is 0 Å². The second kappa shape index (κ2) is 5.24. The number of fused-ring (bicyclic) bond motifs is 1. The summed E-state index contributed by atoms with van der Waals surface area (Å²) in [5, 5.41) is 0. The van der Waals surface area contributed by atoms with Crippen LogP contribution in [0.5, 0.6) is 0 Å². The third kappa shape index (κ3) is 2.56. The first-order valence-corrected chi connectivity index (χ1v) is 7.39. The molecule has 0 N–H and O–H groups in total. The van der Waals surface area contributed by atoms with Gasteiger partial charge in [0.2, 0.25) is 0 Å². The smallest absolute Gasteiger partial charge is 0.0945 e. The summed E-state index contributed by atoms with van der Waals surface area (Å²) in [6.45, 7) is 1.17. The first kappa shape index (κ1) is 11.3. The van der Waals surface area contributed by atoms with E-state index in [0.29, 0.717) is 0 Å². The highest BCUT2D eigenvalue weighted by Gasteiger charge is 2.34. The Morgan fingerprint density at radius 2 is 1.94 bits per heavy atom. The van der Waals surface area contributed by atoms with Gasteiger partial charge >= 0.3 is 0 Å². The molecule has 3 atom stereocenters. The molecule has 2 nitrogen and oxygen atoms in total. The Hall–Kier alpha value is -0.790. The number of nitrogens with zero attached hydrogens (tertiary/aromatic N) is 2. The highest BCUT2D eigenvalue weighted by molar-refractivity contribution is 4.85. The monoisotopic (exact) mass is 232 g/mol. The van der Waals surface area contributed by atoms with Crippen LogP contribution in [0.3, 0.4) is 0 Å². The molecule has 0 aromatic carbocycles. The van der Waals surface area contributed by atoms with Crippen LogP contribution >= 0.6 is 0 Å². The predicted octanol–water partition coefficient (Wildman–Crippen LogP) is 3.88. The van der Waals surface area contributed by atoms with E-state index in [0.717, 1.165) is 17.8 Å². The molecule has 1 heterocycles. The first-order chi connectivity index (χ1) is 8.43. The fraction of sp³-hybridized carbons (Fsp3) is 0.800. The Labute approximate surface area is 104 Å². The molecule has 0 bridgehead atoms. The zero-order chi connectivity index (χ0) is 11.5. The lowest BCUT2D eigenvalue weighted by molar-refractivity contribution is 0.0950. The summed E-state index contributed by atoms with van der Waals surface area (Å²) in [4.78, 5) is 4.13. The highest BCUT2D eigenvalue weighted by atomic mass is 15.0. The molecule has 2 heteroatoms. The topological polar surface area (TPSA) is 17.8 Å². The SMILES string of the molecule is c1cn(CCC2CCCC3CCCCC32)cn1. The number of aryl methyl sites for hydroxylation is 1. The molecule has 3 rings (SSSR count). The Kier molecular flexibility index (Phi) is 3.49. The van der Waals surface area contributed by atoms with E-state index in [1.54, 1.807) is 0 Å². The number of hydrogen-bond donors (Lipinski definition) is 0. The summed E-state index contributed by atoms with van der Waals surface area (Å²) >= 11 is 0. The lowest BCUT2D eigenvalue weighted by atomic mass is 9.65. The van der Waals surface area contributed by atoms with E-state index in [1.165, 1.54) is 57.9 Å². The largest absolute Gasteiger partial charge is 0.337 e. The summed E-state index contributed by atoms with van der Waals surface area (Å²) in [5.41, 5.74) is 0. The Morgan fingerprint density at radius 3 is 2.82 bits per heavy atom. The molecule has 0 radical (unpaired) electrons. The maximum atomic E-state index is 4.13. The molecule has 17 heavy (non-hydrogen) atoms. The Balaban J connectivity index is 1.57. The van der Waals surface area contributed by atoms with Crippen molar-refractivity contribution in [2.24, 2.45) is 17.8 Å². The maximum absolute atomic E-state index is 4.13. The molecule has 2 saturated carbocycles. The van der Waals surface area contributed by atoms with Crippen molar-refractivity contribution in [1.82, 2.24) is 9.55 Å². The van der Waals surface area contributed by atoms with Crippen LogP contribution in [0.2, 0.25) is 0 Å². The Bertz CT molecular complexity index is 329. The fourth-order valence-corrected chi connectivity index (χ4v) is 4.16. The van der Waals surface area contributed by atoms with Crippen molar-refractivity contribution in [2.45, 2.75) is 57.9 Å². The summed E-state index contributed by atoms with van der Waals surface area (Å²) in [6, 6.07) is 0.